The Labute approximate surface area is 105 Å². The SMILES string of the molecule is CCCC(C=NNC(N)=S)(CCC)CCC. The van der Waals surface area contributed by atoms with E-state index in [1.54, 1.807) is 0 Å². The summed E-state index contributed by atoms with van der Waals surface area (Å²) in [5, 5.41) is 4.39. The van der Waals surface area contributed by atoms with E-state index in [2.05, 4.69) is 31.3 Å². The molecule has 0 bridgehead atoms. The lowest BCUT2D eigenvalue weighted by molar-refractivity contribution is 0.326. The van der Waals surface area contributed by atoms with Crippen LogP contribution in [0, 0.1) is 5.41 Å². The van der Waals surface area contributed by atoms with Crippen molar-refractivity contribution >= 4 is 23.5 Å². The molecule has 0 atom stereocenters. The molecule has 0 fully saturated rings. The molecule has 0 unspecified atom stereocenters. The average molecular weight is 243 g/mol. The molecule has 0 rings (SSSR count). The van der Waals surface area contributed by atoms with E-state index in [1.807, 2.05) is 6.21 Å². The summed E-state index contributed by atoms with van der Waals surface area (Å²) in [6.45, 7) is 6.65. The molecule has 0 aliphatic heterocycles. The second kappa shape index (κ2) is 8.50. The van der Waals surface area contributed by atoms with Crippen LogP contribution >= 0.6 is 12.2 Å². The van der Waals surface area contributed by atoms with Gasteiger partial charge in [-0.15, -0.1) is 0 Å². The Balaban J connectivity index is 4.57. The van der Waals surface area contributed by atoms with Crippen molar-refractivity contribution in [2.45, 2.75) is 59.3 Å². The third-order valence-electron chi connectivity index (χ3n) is 2.76. The van der Waals surface area contributed by atoms with Gasteiger partial charge in [-0.2, -0.15) is 5.10 Å². The predicted octanol–water partition coefficient (Wildman–Crippen LogP) is 3.19. The van der Waals surface area contributed by atoms with Gasteiger partial charge in [0.05, 0.1) is 0 Å². The first-order chi connectivity index (χ1) is 7.60. The molecule has 0 spiro atoms. The van der Waals surface area contributed by atoms with Crippen molar-refractivity contribution in [3.8, 4) is 0 Å². The van der Waals surface area contributed by atoms with Crippen LogP contribution in [0.1, 0.15) is 59.3 Å². The quantitative estimate of drug-likeness (QED) is 0.391. The first-order valence-electron chi connectivity index (χ1n) is 6.20. The van der Waals surface area contributed by atoms with Gasteiger partial charge in [-0.1, -0.05) is 40.0 Å². The van der Waals surface area contributed by atoms with E-state index in [4.69, 9.17) is 18.0 Å². The normalized spacial score (nSPS) is 11.9. The molecule has 0 amide bonds. The Hall–Kier alpha value is -0.640. The first kappa shape index (κ1) is 15.4. The summed E-state index contributed by atoms with van der Waals surface area (Å²) < 4.78 is 0. The molecule has 3 nitrogen and oxygen atoms in total. The van der Waals surface area contributed by atoms with Crippen molar-refractivity contribution in [2.24, 2.45) is 16.3 Å². The lowest BCUT2D eigenvalue weighted by Crippen LogP contribution is -2.28. The maximum absolute atomic E-state index is 5.35. The van der Waals surface area contributed by atoms with Crippen LogP contribution in [0.5, 0.6) is 0 Å². The lowest BCUT2D eigenvalue weighted by Gasteiger charge is -2.28. The van der Waals surface area contributed by atoms with Crippen molar-refractivity contribution in [1.29, 1.82) is 0 Å². The molecule has 0 heterocycles. The Kier molecular flexibility index (Phi) is 8.16. The summed E-state index contributed by atoms with van der Waals surface area (Å²) in [7, 11) is 0. The number of rotatable bonds is 8. The summed E-state index contributed by atoms with van der Waals surface area (Å²) in [5.41, 5.74) is 8.22. The van der Waals surface area contributed by atoms with E-state index in [0.717, 1.165) is 0 Å². The van der Waals surface area contributed by atoms with Crippen LogP contribution in [0.4, 0.5) is 0 Å². The molecule has 0 aliphatic rings. The van der Waals surface area contributed by atoms with Gasteiger partial charge in [0.2, 0.25) is 0 Å². The summed E-state index contributed by atoms with van der Waals surface area (Å²) in [5.74, 6) is 0. The van der Waals surface area contributed by atoms with Gasteiger partial charge >= 0.3 is 0 Å². The largest absolute Gasteiger partial charge is 0.375 e. The highest BCUT2D eigenvalue weighted by Gasteiger charge is 2.25. The standard InChI is InChI=1S/C12H25N3S/c1-4-7-12(8-5-2,9-6-3)10-14-15-11(13)16/h10H,4-9H2,1-3H3,(H3,13,15,16). The maximum atomic E-state index is 5.35. The monoisotopic (exact) mass is 243 g/mol. The Morgan fingerprint density at radius 3 is 1.94 bits per heavy atom. The number of hydrogen-bond donors (Lipinski definition) is 2. The zero-order valence-corrected chi connectivity index (χ0v) is 11.6. The van der Waals surface area contributed by atoms with Gasteiger partial charge < -0.3 is 5.73 Å². The van der Waals surface area contributed by atoms with Crippen LogP contribution in [0.2, 0.25) is 0 Å². The zero-order valence-electron chi connectivity index (χ0n) is 10.8. The molecule has 0 aliphatic carbocycles. The average Bonchev–Trinajstić information content (AvgIpc) is 2.18. The number of hydrogen-bond acceptors (Lipinski definition) is 2. The van der Waals surface area contributed by atoms with E-state index in [1.165, 1.54) is 38.5 Å². The molecule has 0 aromatic heterocycles. The molecule has 16 heavy (non-hydrogen) atoms. The number of nitrogens with zero attached hydrogens (tertiary/aromatic N) is 1. The van der Waals surface area contributed by atoms with Crippen LogP contribution < -0.4 is 11.2 Å². The molecule has 94 valence electrons. The molecule has 0 aromatic rings. The molecule has 0 saturated carbocycles. The summed E-state index contributed by atoms with van der Waals surface area (Å²) in [6.07, 6.45) is 9.09. The van der Waals surface area contributed by atoms with Gasteiger partial charge in [-0.3, -0.25) is 5.43 Å². The van der Waals surface area contributed by atoms with Crippen molar-refractivity contribution in [3.63, 3.8) is 0 Å². The molecule has 3 N–H and O–H groups in total. The fraction of sp³-hybridized carbons (Fsp3) is 0.833. The van der Waals surface area contributed by atoms with Gasteiger partial charge in [0.1, 0.15) is 0 Å². The number of thiocarbonyl (C=S) groups is 1. The third-order valence-corrected chi connectivity index (χ3v) is 2.85. The first-order valence-corrected chi connectivity index (χ1v) is 6.60. The second-order valence-corrected chi connectivity index (χ2v) is 4.79. The fourth-order valence-corrected chi connectivity index (χ4v) is 2.35. The van der Waals surface area contributed by atoms with E-state index in [9.17, 15) is 0 Å². The highest BCUT2D eigenvalue weighted by molar-refractivity contribution is 7.80. The van der Waals surface area contributed by atoms with Gasteiger partial charge in [-0.05, 0) is 31.5 Å². The predicted molar refractivity (Wildman–Crippen MR) is 75.6 cm³/mol. The van der Waals surface area contributed by atoms with Crippen LogP contribution in [0.25, 0.3) is 0 Å². The highest BCUT2D eigenvalue weighted by atomic mass is 32.1. The van der Waals surface area contributed by atoms with Gasteiger partial charge in [0.15, 0.2) is 5.11 Å². The maximum Gasteiger partial charge on any atom is 0.184 e. The minimum Gasteiger partial charge on any atom is -0.375 e. The van der Waals surface area contributed by atoms with Gasteiger partial charge in [-0.25, -0.2) is 0 Å². The van der Waals surface area contributed by atoms with Crippen LogP contribution in [-0.4, -0.2) is 11.3 Å². The van der Waals surface area contributed by atoms with Crippen LogP contribution in [0.3, 0.4) is 0 Å². The zero-order chi connectivity index (χ0) is 12.4. The summed E-state index contributed by atoms with van der Waals surface area (Å²) in [4.78, 5) is 0. The lowest BCUT2D eigenvalue weighted by atomic mass is 9.77. The van der Waals surface area contributed by atoms with Crippen molar-refractivity contribution < 1.29 is 0 Å². The Morgan fingerprint density at radius 1 is 1.19 bits per heavy atom. The molecule has 0 aromatic carbocycles. The smallest absolute Gasteiger partial charge is 0.184 e. The molecular formula is C12H25N3S. The topological polar surface area (TPSA) is 50.4 Å². The highest BCUT2D eigenvalue weighted by Crippen LogP contribution is 2.32. The van der Waals surface area contributed by atoms with Gasteiger partial charge in [0.25, 0.3) is 0 Å². The molecular weight excluding hydrogens is 218 g/mol. The minimum atomic E-state index is 0.218. The van der Waals surface area contributed by atoms with E-state index < -0.39 is 0 Å². The molecule has 0 radical (unpaired) electrons. The Morgan fingerprint density at radius 2 is 1.62 bits per heavy atom. The number of hydrazone groups is 1. The fourth-order valence-electron chi connectivity index (χ4n) is 2.30. The van der Waals surface area contributed by atoms with Gasteiger partial charge in [0, 0.05) is 11.6 Å². The van der Waals surface area contributed by atoms with E-state index in [0.29, 0.717) is 0 Å². The van der Waals surface area contributed by atoms with Crippen molar-refractivity contribution in [2.75, 3.05) is 0 Å². The summed E-state index contributed by atoms with van der Waals surface area (Å²) >= 11 is 4.73. The number of nitrogens with one attached hydrogen (secondary N) is 1. The van der Waals surface area contributed by atoms with Crippen LogP contribution in [0.15, 0.2) is 5.10 Å². The molecule has 4 heteroatoms. The minimum absolute atomic E-state index is 0.218. The molecule has 0 saturated heterocycles. The van der Waals surface area contributed by atoms with Crippen molar-refractivity contribution in [1.82, 2.24) is 5.43 Å². The number of nitrogens with two attached hydrogens (primary N) is 1. The second-order valence-electron chi connectivity index (χ2n) is 4.35. The van der Waals surface area contributed by atoms with E-state index >= 15 is 0 Å². The van der Waals surface area contributed by atoms with E-state index in [-0.39, 0.29) is 10.5 Å². The van der Waals surface area contributed by atoms with Crippen molar-refractivity contribution in [3.05, 3.63) is 0 Å². The summed E-state index contributed by atoms with van der Waals surface area (Å²) in [6, 6.07) is 0. The third kappa shape index (κ3) is 6.05. The van der Waals surface area contributed by atoms with Crippen LogP contribution in [-0.2, 0) is 0 Å². The Bertz CT molecular complexity index is 209.